The summed E-state index contributed by atoms with van der Waals surface area (Å²) in [6.45, 7) is 3.03. The molecule has 1 saturated heterocycles. The molecule has 1 aliphatic rings. The van der Waals surface area contributed by atoms with E-state index in [0.717, 1.165) is 0 Å². The first-order valence-electron chi connectivity index (χ1n) is 10.2. The first-order chi connectivity index (χ1) is 15.4. The number of hydrogen-bond acceptors (Lipinski definition) is 7. The highest BCUT2D eigenvalue weighted by Gasteiger charge is 2.26. The van der Waals surface area contributed by atoms with Crippen LogP contribution < -0.4 is 10.1 Å². The Hall–Kier alpha value is -2.95. The maximum atomic E-state index is 12.6. The van der Waals surface area contributed by atoms with Crippen LogP contribution in [0.25, 0.3) is 0 Å². The van der Waals surface area contributed by atoms with Crippen molar-refractivity contribution in [3.05, 3.63) is 60.2 Å². The number of esters is 1. The third-order valence-electron chi connectivity index (χ3n) is 4.77. The fraction of sp³-hybridized carbons (Fsp3) is 0.364. The highest BCUT2D eigenvalue weighted by Crippen LogP contribution is 2.20. The van der Waals surface area contributed by atoms with Crippen LogP contribution in [0.5, 0.6) is 5.75 Å². The van der Waals surface area contributed by atoms with Crippen molar-refractivity contribution in [3.8, 4) is 5.75 Å². The van der Waals surface area contributed by atoms with Crippen LogP contribution in [0.2, 0.25) is 0 Å². The second-order valence-electron chi connectivity index (χ2n) is 7.06. The van der Waals surface area contributed by atoms with E-state index >= 15 is 0 Å². The number of hydrogen-bond donors (Lipinski definition) is 1. The van der Waals surface area contributed by atoms with Crippen LogP contribution in [0.3, 0.4) is 0 Å². The van der Waals surface area contributed by atoms with Gasteiger partial charge in [0.2, 0.25) is 10.0 Å². The fourth-order valence-electron chi connectivity index (χ4n) is 3.00. The molecule has 2 aromatic carbocycles. The first-order valence-corrected chi connectivity index (χ1v) is 11.7. The molecule has 0 saturated carbocycles. The Kier molecular flexibility index (Phi) is 8.20. The minimum absolute atomic E-state index is 0.0157. The molecular formula is C22H26N2O7S. The summed E-state index contributed by atoms with van der Waals surface area (Å²) in [4.78, 5) is 24.3. The van der Waals surface area contributed by atoms with Gasteiger partial charge in [0.1, 0.15) is 25.0 Å². The van der Waals surface area contributed by atoms with Crippen LogP contribution in [-0.2, 0) is 24.3 Å². The van der Waals surface area contributed by atoms with Gasteiger partial charge in [-0.3, -0.25) is 4.79 Å². The van der Waals surface area contributed by atoms with Crippen molar-refractivity contribution in [2.45, 2.75) is 17.9 Å². The third kappa shape index (κ3) is 6.28. The van der Waals surface area contributed by atoms with Crippen LogP contribution >= 0.6 is 0 Å². The van der Waals surface area contributed by atoms with Crippen molar-refractivity contribution in [2.24, 2.45) is 0 Å². The summed E-state index contributed by atoms with van der Waals surface area (Å²) in [6, 6.07) is 13.8. The molecule has 10 heteroatoms. The lowest BCUT2D eigenvalue weighted by molar-refractivity contribution is -0.146. The summed E-state index contributed by atoms with van der Waals surface area (Å²) in [5, 5.41) is 2.58. The predicted molar refractivity (Wildman–Crippen MR) is 116 cm³/mol. The van der Waals surface area contributed by atoms with E-state index in [9.17, 15) is 18.0 Å². The van der Waals surface area contributed by atoms with Crippen LogP contribution in [0.4, 0.5) is 0 Å². The molecule has 172 valence electrons. The van der Waals surface area contributed by atoms with E-state index < -0.39 is 22.0 Å². The largest absolute Gasteiger partial charge is 0.490 e. The number of nitrogens with one attached hydrogen (secondary N) is 1. The molecule has 0 aromatic heterocycles. The smallest absolute Gasteiger partial charge is 0.328 e. The molecule has 0 aliphatic carbocycles. The molecule has 32 heavy (non-hydrogen) atoms. The van der Waals surface area contributed by atoms with Gasteiger partial charge in [0.25, 0.3) is 5.91 Å². The highest BCUT2D eigenvalue weighted by atomic mass is 32.2. The summed E-state index contributed by atoms with van der Waals surface area (Å²) >= 11 is 0. The first kappa shape index (κ1) is 23.7. The highest BCUT2D eigenvalue weighted by molar-refractivity contribution is 7.89. The van der Waals surface area contributed by atoms with Crippen molar-refractivity contribution in [1.82, 2.24) is 9.62 Å². The van der Waals surface area contributed by atoms with Crippen LogP contribution in [0.1, 0.15) is 17.3 Å². The van der Waals surface area contributed by atoms with Gasteiger partial charge in [-0.25, -0.2) is 13.2 Å². The Morgan fingerprint density at radius 1 is 1.03 bits per heavy atom. The minimum Gasteiger partial charge on any atom is -0.490 e. The van der Waals surface area contributed by atoms with Gasteiger partial charge in [-0.2, -0.15) is 4.31 Å². The molecule has 0 spiro atoms. The van der Waals surface area contributed by atoms with Crippen molar-refractivity contribution in [3.63, 3.8) is 0 Å². The number of morpholine rings is 1. The zero-order valence-corrected chi connectivity index (χ0v) is 18.5. The molecule has 2 aromatic rings. The van der Waals surface area contributed by atoms with Gasteiger partial charge in [-0.05, 0) is 43.3 Å². The maximum Gasteiger partial charge on any atom is 0.328 e. The molecular weight excluding hydrogens is 436 g/mol. The summed E-state index contributed by atoms with van der Waals surface area (Å²) in [5.74, 6) is -0.490. The molecule has 0 bridgehead atoms. The normalized spacial score (nSPS) is 15.5. The van der Waals surface area contributed by atoms with E-state index in [0.29, 0.717) is 37.6 Å². The zero-order valence-electron chi connectivity index (χ0n) is 17.7. The number of rotatable bonds is 9. The van der Waals surface area contributed by atoms with Gasteiger partial charge in [0, 0.05) is 18.7 Å². The molecule has 1 aliphatic heterocycles. The summed E-state index contributed by atoms with van der Waals surface area (Å²) < 4.78 is 42.4. The Balaban J connectivity index is 1.41. The predicted octanol–water partition coefficient (Wildman–Crippen LogP) is 1.45. The van der Waals surface area contributed by atoms with Gasteiger partial charge in [-0.15, -0.1) is 0 Å². The number of nitrogens with zero attached hydrogens (tertiary/aromatic N) is 1. The number of amides is 1. The fourth-order valence-corrected chi connectivity index (χ4v) is 4.41. The van der Waals surface area contributed by atoms with Crippen LogP contribution in [-0.4, -0.2) is 70.2 Å². The van der Waals surface area contributed by atoms with Crippen LogP contribution in [0.15, 0.2) is 59.5 Å². The van der Waals surface area contributed by atoms with Crippen molar-refractivity contribution >= 4 is 21.9 Å². The van der Waals surface area contributed by atoms with E-state index in [2.05, 4.69) is 5.32 Å². The van der Waals surface area contributed by atoms with Crippen molar-refractivity contribution in [2.75, 3.05) is 39.5 Å². The topological polar surface area (TPSA) is 111 Å². The van der Waals surface area contributed by atoms with Crippen molar-refractivity contribution in [1.29, 1.82) is 0 Å². The Labute approximate surface area is 187 Å². The molecule has 0 radical (unpaired) electrons. The second-order valence-corrected chi connectivity index (χ2v) is 9.00. The van der Waals surface area contributed by atoms with E-state index in [1.54, 1.807) is 42.5 Å². The molecule has 1 N–H and O–H groups in total. The lowest BCUT2D eigenvalue weighted by Crippen LogP contribution is -2.40. The van der Waals surface area contributed by atoms with Crippen LogP contribution in [0, 0.1) is 0 Å². The Morgan fingerprint density at radius 2 is 1.69 bits per heavy atom. The molecule has 9 nitrogen and oxygen atoms in total. The Bertz CT molecular complexity index is 1000. The molecule has 1 fully saturated rings. The number of ether oxygens (including phenoxy) is 3. The molecule has 1 amide bonds. The number of carbonyl (C=O) groups is 2. The monoisotopic (exact) mass is 462 g/mol. The quantitative estimate of drug-likeness (QED) is 0.443. The second kappa shape index (κ2) is 11.1. The van der Waals surface area contributed by atoms with Gasteiger partial charge in [0.15, 0.2) is 0 Å². The maximum absolute atomic E-state index is 12.6. The van der Waals surface area contributed by atoms with E-state index in [4.69, 9.17) is 14.2 Å². The Morgan fingerprint density at radius 3 is 2.34 bits per heavy atom. The number of benzene rings is 2. The van der Waals surface area contributed by atoms with Gasteiger partial charge in [-0.1, -0.05) is 18.2 Å². The van der Waals surface area contributed by atoms with E-state index in [1.165, 1.54) is 23.4 Å². The molecule has 1 atom stereocenters. The van der Waals surface area contributed by atoms with E-state index in [1.807, 2.05) is 0 Å². The van der Waals surface area contributed by atoms with Crippen molar-refractivity contribution < 1.29 is 32.2 Å². The minimum atomic E-state index is -3.56. The lowest BCUT2D eigenvalue weighted by Gasteiger charge is -2.26. The number of sulfonamides is 1. The summed E-state index contributed by atoms with van der Waals surface area (Å²) in [6.07, 6.45) is 0. The SMILES string of the molecule is C[C@H](NC(=O)c1ccccc1)C(=O)OCCOc1ccc(S(=O)(=O)N2CCOCC2)cc1. The van der Waals surface area contributed by atoms with Gasteiger partial charge in [0.05, 0.1) is 18.1 Å². The summed E-state index contributed by atoms with van der Waals surface area (Å²) in [5.41, 5.74) is 0.453. The molecule has 0 unspecified atom stereocenters. The average Bonchev–Trinajstić information content (AvgIpc) is 2.83. The van der Waals surface area contributed by atoms with Gasteiger partial charge >= 0.3 is 5.97 Å². The summed E-state index contributed by atoms with van der Waals surface area (Å²) in [7, 11) is -3.56. The molecule has 1 heterocycles. The average molecular weight is 463 g/mol. The lowest BCUT2D eigenvalue weighted by atomic mass is 10.2. The zero-order chi connectivity index (χ0) is 23.0. The molecule has 3 rings (SSSR count). The number of carbonyl (C=O) groups excluding carboxylic acids is 2. The van der Waals surface area contributed by atoms with E-state index in [-0.39, 0.29) is 24.0 Å². The third-order valence-corrected chi connectivity index (χ3v) is 6.68. The standard InChI is InChI=1S/C22H26N2O7S/c1-17(23-21(25)18-5-3-2-4-6-18)22(26)31-16-15-30-19-7-9-20(10-8-19)32(27,28)24-11-13-29-14-12-24/h2-10,17H,11-16H2,1H3,(H,23,25)/t17-/m0/s1. The van der Waals surface area contributed by atoms with Gasteiger partial charge < -0.3 is 19.5 Å².